The molecular weight excluding hydrogens is 410 g/mol. The minimum Gasteiger partial charge on any atom is -0.510 e. The fraction of sp³-hybridized carbons (Fsp3) is 0.300. The number of hydrogen-bond acceptors (Lipinski definition) is 7. The number of anilines is 1. The molecule has 158 valence electrons. The molecule has 0 fully saturated rings. The first kappa shape index (κ1) is 21.4. The summed E-state index contributed by atoms with van der Waals surface area (Å²) in [6.07, 6.45) is 0. The molecule has 3 rings (SSSR count). The van der Waals surface area contributed by atoms with Gasteiger partial charge in [0.25, 0.3) is 17.7 Å². The number of aliphatic imine (C=N–C) groups is 1. The van der Waals surface area contributed by atoms with E-state index in [-0.39, 0.29) is 11.0 Å². The zero-order valence-corrected chi connectivity index (χ0v) is 17.9. The summed E-state index contributed by atoms with van der Waals surface area (Å²) in [6.45, 7) is 1.67. The summed E-state index contributed by atoms with van der Waals surface area (Å²) in [4.78, 5) is 43.3. The fourth-order valence-electron chi connectivity index (χ4n) is 3.12. The molecule has 0 aliphatic carbocycles. The largest absolute Gasteiger partial charge is 0.510 e. The maximum Gasteiger partial charge on any atom is 0.286 e. The van der Waals surface area contributed by atoms with Gasteiger partial charge in [-0.15, -0.1) is 0 Å². The molecule has 2 aliphatic rings. The number of carbonyl (C=O) groups excluding carboxylic acids is 3. The smallest absolute Gasteiger partial charge is 0.286 e. The number of benzene rings is 1. The Bertz CT molecular complexity index is 1040. The van der Waals surface area contributed by atoms with Crippen molar-refractivity contribution in [2.75, 3.05) is 33.6 Å². The van der Waals surface area contributed by atoms with Crippen LogP contribution in [0.1, 0.15) is 6.92 Å². The molecule has 10 heteroatoms. The summed E-state index contributed by atoms with van der Waals surface area (Å²) < 4.78 is 10.4. The molecule has 2 heterocycles. The second kappa shape index (κ2) is 8.23. The number of carbonyl (C=O) groups is 3. The minimum absolute atomic E-state index is 0.258. The van der Waals surface area contributed by atoms with Crippen molar-refractivity contribution in [3.05, 3.63) is 40.0 Å². The van der Waals surface area contributed by atoms with Gasteiger partial charge in [-0.05, 0) is 24.6 Å². The van der Waals surface area contributed by atoms with Crippen molar-refractivity contribution < 1.29 is 29.0 Å². The lowest BCUT2D eigenvalue weighted by Gasteiger charge is -2.19. The van der Waals surface area contributed by atoms with Gasteiger partial charge in [-0.2, -0.15) is 0 Å². The summed E-state index contributed by atoms with van der Waals surface area (Å²) in [5.41, 5.74) is 0.424. The third kappa shape index (κ3) is 3.65. The van der Waals surface area contributed by atoms with Gasteiger partial charge in [0.15, 0.2) is 11.5 Å². The molecule has 0 radical (unpaired) electrons. The van der Waals surface area contributed by atoms with Crippen molar-refractivity contribution in [2.24, 2.45) is 10.9 Å². The highest BCUT2D eigenvalue weighted by atomic mass is 32.2. The Morgan fingerprint density at radius 3 is 2.47 bits per heavy atom. The van der Waals surface area contributed by atoms with Crippen LogP contribution in [0, 0.1) is 5.92 Å². The lowest BCUT2D eigenvalue weighted by Crippen LogP contribution is -2.29. The quantitative estimate of drug-likeness (QED) is 0.686. The summed E-state index contributed by atoms with van der Waals surface area (Å²) in [5, 5.41) is 13.6. The molecule has 1 aromatic carbocycles. The predicted molar refractivity (Wildman–Crippen MR) is 113 cm³/mol. The van der Waals surface area contributed by atoms with Crippen LogP contribution >= 0.6 is 11.8 Å². The van der Waals surface area contributed by atoms with Crippen LogP contribution in [0.15, 0.2) is 45.0 Å². The number of rotatable bonds is 5. The normalized spacial score (nSPS) is 18.1. The van der Waals surface area contributed by atoms with E-state index in [2.05, 4.69) is 10.3 Å². The molecule has 2 aliphatic heterocycles. The Labute approximate surface area is 177 Å². The van der Waals surface area contributed by atoms with E-state index in [0.29, 0.717) is 27.7 Å². The first-order valence-corrected chi connectivity index (χ1v) is 9.70. The van der Waals surface area contributed by atoms with Gasteiger partial charge in [-0.1, -0.05) is 11.8 Å². The molecule has 1 unspecified atom stereocenters. The molecular formula is C20H21N3O6S. The number of ether oxygens (including phenoxy) is 2. The number of likely N-dealkylation sites (N-methyl/N-ethyl adjacent to an activating group) is 1. The Hall–Kier alpha value is -3.27. The molecule has 2 N–H and O–H groups in total. The predicted octanol–water partition coefficient (Wildman–Crippen LogP) is 2.12. The maximum atomic E-state index is 12.8. The Balaban J connectivity index is 1.93. The SMILES string of the molecule is COc1ccc(NC(=O)C2=C(O)C3C(=NC2=O)SC(C(=O)N(C)C)=C3C)cc1OC. The van der Waals surface area contributed by atoms with Crippen LogP contribution in [-0.2, 0) is 14.4 Å². The van der Waals surface area contributed by atoms with E-state index in [4.69, 9.17) is 9.47 Å². The van der Waals surface area contributed by atoms with Gasteiger partial charge in [0.2, 0.25) is 0 Å². The average molecular weight is 431 g/mol. The minimum atomic E-state index is -0.865. The highest BCUT2D eigenvalue weighted by Gasteiger charge is 2.43. The second-order valence-electron chi connectivity index (χ2n) is 6.79. The number of dihydropyridines is 1. The first-order chi connectivity index (χ1) is 14.2. The third-order valence-electron chi connectivity index (χ3n) is 4.67. The molecule has 0 aromatic heterocycles. The van der Waals surface area contributed by atoms with Crippen molar-refractivity contribution in [1.29, 1.82) is 0 Å². The molecule has 9 nitrogen and oxygen atoms in total. The van der Waals surface area contributed by atoms with Gasteiger partial charge < -0.3 is 24.8 Å². The Morgan fingerprint density at radius 2 is 1.87 bits per heavy atom. The molecule has 1 atom stereocenters. The molecule has 3 amide bonds. The molecule has 0 saturated carbocycles. The van der Waals surface area contributed by atoms with E-state index in [1.54, 1.807) is 33.2 Å². The van der Waals surface area contributed by atoms with Crippen molar-refractivity contribution in [3.63, 3.8) is 0 Å². The average Bonchev–Trinajstić information content (AvgIpc) is 3.03. The van der Waals surface area contributed by atoms with Crippen LogP contribution in [0.5, 0.6) is 11.5 Å². The highest BCUT2D eigenvalue weighted by molar-refractivity contribution is 8.18. The van der Waals surface area contributed by atoms with E-state index < -0.39 is 29.1 Å². The Kier molecular flexibility index (Phi) is 5.88. The van der Waals surface area contributed by atoms with Crippen LogP contribution in [0.25, 0.3) is 0 Å². The number of thioether (sulfide) groups is 1. The van der Waals surface area contributed by atoms with Crippen molar-refractivity contribution >= 4 is 40.2 Å². The molecule has 30 heavy (non-hydrogen) atoms. The van der Waals surface area contributed by atoms with Crippen LogP contribution in [0.4, 0.5) is 5.69 Å². The summed E-state index contributed by atoms with van der Waals surface area (Å²) in [6, 6.07) is 4.70. The van der Waals surface area contributed by atoms with Gasteiger partial charge in [-0.3, -0.25) is 14.4 Å². The van der Waals surface area contributed by atoms with E-state index >= 15 is 0 Å². The number of nitrogens with zero attached hydrogens (tertiary/aromatic N) is 2. The van der Waals surface area contributed by atoms with Crippen molar-refractivity contribution in [1.82, 2.24) is 4.90 Å². The number of allylic oxidation sites excluding steroid dienone is 1. The number of aliphatic hydroxyl groups excluding tert-OH is 1. The molecule has 0 saturated heterocycles. The number of aliphatic hydroxyl groups is 1. The van der Waals surface area contributed by atoms with Crippen LogP contribution in [0.2, 0.25) is 0 Å². The van der Waals surface area contributed by atoms with Crippen molar-refractivity contribution in [3.8, 4) is 11.5 Å². The highest BCUT2D eigenvalue weighted by Crippen LogP contribution is 2.44. The van der Waals surface area contributed by atoms with E-state index in [1.807, 2.05) is 0 Å². The first-order valence-electron chi connectivity index (χ1n) is 8.89. The summed E-state index contributed by atoms with van der Waals surface area (Å²) >= 11 is 1.03. The standard InChI is InChI=1S/C20H21N3O6S/c1-9-13-15(24)14(18(26)22-19(13)30-16(9)20(27)23(2)3)17(25)21-10-6-7-11(28-4)12(8-10)29-5/h6-8,13,24H,1-5H3,(H,21,25). The zero-order chi connectivity index (χ0) is 22.2. The van der Waals surface area contributed by atoms with E-state index in [1.165, 1.54) is 25.2 Å². The zero-order valence-electron chi connectivity index (χ0n) is 17.1. The fourth-order valence-corrected chi connectivity index (χ4v) is 4.41. The Morgan fingerprint density at radius 1 is 1.20 bits per heavy atom. The number of amides is 3. The van der Waals surface area contributed by atoms with Gasteiger partial charge in [0.05, 0.1) is 30.1 Å². The molecule has 0 bridgehead atoms. The molecule has 0 spiro atoms. The number of fused-ring (bicyclic) bond motifs is 1. The van der Waals surface area contributed by atoms with Gasteiger partial charge in [0.1, 0.15) is 11.3 Å². The van der Waals surface area contributed by atoms with Crippen LogP contribution < -0.4 is 14.8 Å². The monoisotopic (exact) mass is 431 g/mol. The van der Waals surface area contributed by atoms with Gasteiger partial charge in [0, 0.05) is 25.8 Å². The van der Waals surface area contributed by atoms with Crippen LogP contribution in [-0.4, -0.2) is 61.1 Å². The topological polar surface area (TPSA) is 118 Å². The number of methoxy groups -OCH3 is 2. The van der Waals surface area contributed by atoms with Crippen molar-refractivity contribution in [2.45, 2.75) is 6.92 Å². The second-order valence-corrected chi connectivity index (χ2v) is 7.82. The van der Waals surface area contributed by atoms with Crippen LogP contribution in [0.3, 0.4) is 0 Å². The van der Waals surface area contributed by atoms with E-state index in [9.17, 15) is 19.5 Å². The lowest BCUT2D eigenvalue weighted by atomic mass is 9.93. The number of hydrogen-bond donors (Lipinski definition) is 2. The molecule has 1 aromatic rings. The summed E-state index contributed by atoms with van der Waals surface area (Å²) in [5.74, 6) is -2.28. The lowest BCUT2D eigenvalue weighted by molar-refractivity contribution is -0.124. The number of nitrogens with one attached hydrogen (secondary N) is 1. The maximum absolute atomic E-state index is 12.8. The summed E-state index contributed by atoms with van der Waals surface area (Å²) in [7, 11) is 6.16. The van der Waals surface area contributed by atoms with E-state index in [0.717, 1.165) is 11.8 Å². The van der Waals surface area contributed by atoms with Gasteiger partial charge >= 0.3 is 0 Å². The van der Waals surface area contributed by atoms with Gasteiger partial charge in [-0.25, -0.2) is 4.99 Å². The third-order valence-corrected chi connectivity index (χ3v) is 5.91.